The van der Waals surface area contributed by atoms with Crippen LogP contribution >= 0.6 is 0 Å². The molecule has 1 aliphatic heterocycles. The maximum atomic E-state index is 13.3. The molecule has 1 aliphatic rings. The number of hydrazone groups is 1. The lowest BCUT2D eigenvalue weighted by Crippen LogP contribution is -2.40. The highest BCUT2D eigenvalue weighted by Crippen LogP contribution is 2.26. The number of nitrogens with one attached hydrogen (secondary N) is 1. The molecule has 8 nitrogen and oxygen atoms in total. The van der Waals surface area contributed by atoms with Gasteiger partial charge in [-0.15, -0.1) is 0 Å². The van der Waals surface area contributed by atoms with Crippen LogP contribution in [0.4, 0.5) is 10.1 Å². The number of carbonyl (C=O) groups excluding carboxylic acids is 2. The molecular formula is C23H23FN6O2. The minimum atomic E-state index is -0.820. The molecule has 32 heavy (non-hydrogen) atoms. The number of hydrogen-bond acceptors (Lipinski definition) is 5. The summed E-state index contributed by atoms with van der Waals surface area (Å²) in [4.78, 5) is 24.8. The van der Waals surface area contributed by atoms with E-state index in [4.69, 9.17) is 5.73 Å². The van der Waals surface area contributed by atoms with Gasteiger partial charge in [0.25, 0.3) is 5.91 Å². The number of para-hydroxylation sites is 1. The van der Waals surface area contributed by atoms with Gasteiger partial charge in [-0.3, -0.25) is 14.6 Å². The number of primary amides is 1. The Morgan fingerprint density at radius 2 is 1.81 bits per heavy atom. The van der Waals surface area contributed by atoms with E-state index >= 15 is 0 Å². The van der Waals surface area contributed by atoms with Gasteiger partial charge in [0.2, 0.25) is 5.91 Å². The lowest BCUT2D eigenvalue weighted by atomic mass is 10.1. The van der Waals surface area contributed by atoms with Crippen molar-refractivity contribution in [2.75, 3.05) is 5.01 Å². The van der Waals surface area contributed by atoms with Crippen molar-refractivity contribution in [1.29, 1.82) is 0 Å². The van der Waals surface area contributed by atoms with Gasteiger partial charge in [-0.05, 0) is 50.2 Å². The molecule has 2 amide bonds. The zero-order valence-electron chi connectivity index (χ0n) is 17.7. The van der Waals surface area contributed by atoms with E-state index in [0.29, 0.717) is 5.69 Å². The molecule has 9 heteroatoms. The van der Waals surface area contributed by atoms with Crippen molar-refractivity contribution in [3.8, 4) is 5.69 Å². The SMILES string of the molecule is Cc1c(C(C)NC(=O)C2=NN(c3ccc(F)cc3)C(C(N)=O)C2)cnn1-c1ccccc1. The summed E-state index contributed by atoms with van der Waals surface area (Å²) in [5.41, 5.74) is 8.87. The number of carbonyl (C=O) groups is 2. The number of amides is 2. The van der Waals surface area contributed by atoms with Gasteiger partial charge in [-0.25, -0.2) is 9.07 Å². The molecule has 0 spiro atoms. The Hall–Kier alpha value is -4.01. The van der Waals surface area contributed by atoms with Crippen LogP contribution in [0.5, 0.6) is 0 Å². The second kappa shape index (κ2) is 8.62. The Labute approximate surface area is 184 Å². The predicted octanol–water partition coefficient (Wildman–Crippen LogP) is 2.62. The summed E-state index contributed by atoms with van der Waals surface area (Å²) in [5, 5.41) is 13.0. The van der Waals surface area contributed by atoms with E-state index in [9.17, 15) is 14.0 Å². The van der Waals surface area contributed by atoms with Gasteiger partial charge in [-0.1, -0.05) is 18.2 Å². The molecule has 2 unspecified atom stereocenters. The largest absolute Gasteiger partial charge is 0.368 e. The lowest BCUT2D eigenvalue weighted by molar-refractivity contribution is -0.119. The van der Waals surface area contributed by atoms with Crippen LogP contribution in [0.1, 0.15) is 30.6 Å². The van der Waals surface area contributed by atoms with Crippen molar-refractivity contribution < 1.29 is 14.0 Å². The first kappa shape index (κ1) is 21.2. The minimum Gasteiger partial charge on any atom is -0.368 e. The summed E-state index contributed by atoms with van der Waals surface area (Å²) >= 11 is 0. The zero-order valence-corrected chi connectivity index (χ0v) is 17.7. The Morgan fingerprint density at radius 3 is 2.47 bits per heavy atom. The number of anilines is 1. The molecule has 0 saturated heterocycles. The Kier molecular flexibility index (Phi) is 5.72. The molecule has 0 saturated carbocycles. The lowest BCUT2D eigenvalue weighted by Gasteiger charge is -2.20. The zero-order chi connectivity index (χ0) is 22.8. The summed E-state index contributed by atoms with van der Waals surface area (Å²) < 4.78 is 15.1. The van der Waals surface area contributed by atoms with Crippen molar-refractivity contribution in [3.05, 3.63) is 77.9 Å². The monoisotopic (exact) mass is 434 g/mol. The molecule has 0 fully saturated rings. The third-order valence-corrected chi connectivity index (χ3v) is 5.45. The quantitative estimate of drug-likeness (QED) is 0.622. The van der Waals surface area contributed by atoms with Crippen molar-refractivity contribution in [1.82, 2.24) is 15.1 Å². The van der Waals surface area contributed by atoms with Crippen LogP contribution in [0, 0.1) is 12.7 Å². The highest BCUT2D eigenvalue weighted by atomic mass is 19.1. The van der Waals surface area contributed by atoms with Crippen LogP contribution in [-0.4, -0.2) is 33.3 Å². The van der Waals surface area contributed by atoms with Crippen LogP contribution in [-0.2, 0) is 9.59 Å². The molecule has 0 radical (unpaired) electrons. The van der Waals surface area contributed by atoms with Crippen LogP contribution in [0.25, 0.3) is 5.69 Å². The average Bonchev–Trinajstić information content (AvgIpc) is 3.39. The van der Waals surface area contributed by atoms with Crippen LogP contribution in [0.3, 0.4) is 0 Å². The number of rotatable bonds is 6. The predicted molar refractivity (Wildman–Crippen MR) is 119 cm³/mol. The number of halogens is 1. The summed E-state index contributed by atoms with van der Waals surface area (Å²) in [7, 11) is 0. The molecule has 2 heterocycles. The van der Waals surface area contributed by atoms with E-state index < -0.39 is 23.7 Å². The Morgan fingerprint density at radius 1 is 1.12 bits per heavy atom. The van der Waals surface area contributed by atoms with E-state index in [1.807, 2.05) is 48.9 Å². The van der Waals surface area contributed by atoms with Gasteiger partial charge in [0.1, 0.15) is 17.6 Å². The van der Waals surface area contributed by atoms with Crippen LogP contribution < -0.4 is 16.1 Å². The van der Waals surface area contributed by atoms with E-state index in [-0.39, 0.29) is 18.2 Å². The van der Waals surface area contributed by atoms with E-state index in [1.54, 1.807) is 6.20 Å². The maximum Gasteiger partial charge on any atom is 0.268 e. The minimum absolute atomic E-state index is 0.0630. The van der Waals surface area contributed by atoms with E-state index in [1.165, 1.54) is 29.3 Å². The summed E-state index contributed by atoms with van der Waals surface area (Å²) in [5.74, 6) is -1.43. The smallest absolute Gasteiger partial charge is 0.268 e. The van der Waals surface area contributed by atoms with Crippen molar-refractivity contribution in [2.45, 2.75) is 32.4 Å². The van der Waals surface area contributed by atoms with E-state index in [0.717, 1.165) is 16.9 Å². The molecule has 1 aromatic heterocycles. The average molecular weight is 434 g/mol. The van der Waals surface area contributed by atoms with Gasteiger partial charge in [0.05, 0.1) is 23.6 Å². The molecule has 0 bridgehead atoms. The summed E-state index contributed by atoms with van der Waals surface area (Å²) in [6.07, 6.45) is 1.79. The molecule has 2 atom stereocenters. The van der Waals surface area contributed by atoms with Crippen LogP contribution in [0.2, 0.25) is 0 Å². The van der Waals surface area contributed by atoms with Gasteiger partial charge >= 0.3 is 0 Å². The maximum absolute atomic E-state index is 13.3. The van der Waals surface area contributed by atoms with Crippen molar-refractivity contribution >= 4 is 23.2 Å². The third-order valence-electron chi connectivity index (χ3n) is 5.45. The second-order valence-electron chi connectivity index (χ2n) is 7.62. The van der Waals surface area contributed by atoms with Crippen molar-refractivity contribution in [3.63, 3.8) is 0 Å². The summed E-state index contributed by atoms with van der Waals surface area (Å²) in [6.45, 7) is 3.79. The first-order chi connectivity index (χ1) is 15.3. The molecule has 0 aliphatic carbocycles. The fourth-order valence-electron chi connectivity index (χ4n) is 3.74. The first-order valence-electron chi connectivity index (χ1n) is 10.2. The van der Waals surface area contributed by atoms with Crippen molar-refractivity contribution in [2.24, 2.45) is 10.8 Å². The number of aromatic nitrogens is 2. The summed E-state index contributed by atoms with van der Waals surface area (Å²) in [6, 6.07) is 14.0. The molecular weight excluding hydrogens is 411 g/mol. The highest BCUT2D eigenvalue weighted by molar-refractivity contribution is 6.40. The normalized spacial score (nSPS) is 16.5. The number of benzene rings is 2. The number of nitrogens with zero attached hydrogens (tertiary/aromatic N) is 4. The Bertz CT molecular complexity index is 1170. The fourth-order valence-corrected chi connectivity index (χ4v) is 3.74. The highest BCUT2D eigenvalue weighted by Gasteiger charge is 2.35. The van der Waals surface area contributed by atoms with Crippen LogP contribution in [0.15, 0.2) is 65.9 Å². The standard InChI is InChI=1S/C23H23FN6O2/c1-14(19-13-26-29(15(19)2)17-6-4-3-5-7-17)27-23(32)20-12-21(22(25)31)30(28-20)18-10-8-16(24)9-11-18/h3-11,13-14,21H,12H2,1-2H3,(H2,25,31)(H,27,32). The molecule has 164 valence electrons. The molecule has 4 rings (SSSR count). The fraction of sp³-hybridized carbons (Fsp3) is 0.217. The number of nitrogens with two attached hydrogens (primary N) is 1. The van der Waals surface area contributed by atoms with Gasteiger partial charge in [0, 0.05) is 17.7 Å². The van der Waals surface area contributed by atoms with Gasteiger partial charge in [0.15, 0.2) is 0 Å². The van der Waals surface area contributed by atoms with E-state index in [2.05, 4.69) is 15.5 Å². The first-order valence-corrected chi connectivity index (χ1v) is 10.2. The topological polar surface area (TPSA) is 106 Å². The Balaban J connectivity index is 1.52. The molecule has 3 aromatic rings. The number of hydrogen-bond donors (Lipinski definition) is 2. The second-order valence-corrected chi connectivity index (χ2v) is 7.62. The van der Waals surface area contributed by atoms with Gasteiger partial charge in [-0.2, -0.15) is 10.2 Å². The molecule has 2 aromatic carbocycles. The van der Waals surface area contributed by atoms with Gasteiger partial charge < -0.3 is 11.1 Å². The molecule has 3 N–H and O–H groups in total. The third kappa shape index (κ3) is 4.09.